The van der Waals surface area contributed by atoms with Crippen molar-refractivity contribution in [2.45, 2.75) is 77.0 Å². The SMILES string of the molecule is CC[C@@H](CCC(C)(C)O)N1C(=O)C(CC(=O)O)=C(C)[C@H](c2cccc(Cl)c2)[C@H]1c1ccc(Cl)cc1. The van der Waals surface area contributed by atoms with Gasteiger partial charge in [0.2, 0.25) is 0 Å². The van der Waals surface area contributed by atoms with Gasteiger partial charge in [-0.15, -0.1) is 0 Å². The molecule has 0 saturated carbocycles. The van der Waals surface area contributed by atoms with E-state index in [-0.39, 0.29) is 30.3 Å². The van der Waals surface area contributed by atoms with Crippen LogP contribution in [0.3, 0.4) is 0 Å². The molecule has 7 heteroatoms. The molecule has 0 aliphatic carbocycles. The molecule has 1 heterocycles. The van der Waals surface area contributed by atoms with Crippen LogP contribution in [0.15, 0.2) is 59.7 Å². The number of aliphatic carboxylic acids is 1. The molecule has 1 aliphatic rings. The standard InChI is InChI=1S/C28H33Cl2NO4/c1-5-22(13-14-28(3,4)35)31-26(18-9-11-20(29)12-10-18)25(19-7-6-8-21(30)15-19)17(2)23(27(31)34)16-24(32)33/h6-12,15,22,25-26,35H,5,13-14,16H2,1-4H3,(H,32,33)/t22-,25+,26+/m0/s1. The Morgan fingerprint density at radius 2 is 1.74 bits per heavy atom. The van der Waals surface area contributed by atoms with Crippen LogP contribution >= 0.6 is 23.2 Å². The number of carboxylic acids is 1. The Hall–Kier alpha value is -2.34. The van der Waals surface area contributed by atoms with Gasteiger partial charge in [-0.05, 0) is 75.4 Å². The van der Waals surface area contributed by atoms with Gasteiger partial charge in [-0.2, -0.15) is 0 Å². The van der Waals surface area contributed by atoms with E-state index < -0.39 is 11.6 Å². The van der Waals surface area contributed by atoms with Gasteiger partial charge in [0.25, 0.3) is 5.91 Å². The molecular weight excluding hydrogens is 485 g/mol. The van der Waals surface area contributed by atoms with E-state index in [9.17, 15) is 19.8 Å². The molecule has 1 amide bonds. The summed E-state index contributed by atoms with van der Waals surface area (Å²) in [5.41, 5.74) is 1.96. The van der Waals surface area contributed by atoms with E-state index in [1.165, 1.54) is 0 Å². The number of aliphatic hydroxyl groups is 1. The monoisotopic (exact) mass is 517 g/mol. The van der Waals surface area contributed by atoms with Crippen molar-refractivity contribution in [1.29, 1.82) is 0 Å². The van der Waals surface area contributed by atoms with Gasteiger partial charge in [-0.1, -0.05) is 60.0 Å². The Labute approximate surface area is 217 Å². The minimum Gasteiger partial charge on any atom is -0.481 e. The van der Waals surface area contributed by atoms with Crippen LogP contribution in [0.25, 0.3) is 0 Å². The average molecular weight is 518 g/mol. The molecule has 1 aliphatic heterocycles. The van der Waals surface area contributed by atoms with Gasteiger partial charge in [0.1, 0.15) is 0 Å². The van der Waals surface area contributed by atoms with Crippen molar-refractivity contribution in [2.75, 3.05) is 0 Å². The number of amides is 1. The lowest BCUT2D eigenvalue weighted by Crippen LogP contribution is -2.49. The van der Waals surface area contributed by atoms with Gasteiger partial charge in [-0.3, -0.25) is 9.59 Å². The normalized spacial score (nSPS) is 19.7. The van der Waals surface area contributed by atoms with E-state index in [1.54, 1.807) is 32.0 Å². The minimum absolute atomic E-state index is 0.201. The maximum atomic E-state index is 14.0. The first-order chi connectivity index (χ1) is 16.4. The van der Waals surface area contributed by atoms with Gasteiger partial charge in [0, 0.05) is 27.6 Å². The Balaban J connectivity index is 2.26. The first-order valence-electron chi connectivity index (χ1n) is 11.9. The van der Waals surface area contributed by atoms with Gasteiger partial charge in [0.15, 0.2) is 0 Å². The average Bonchev–Trinajstić information content (AvgIpc) is 2.77. The number of hydrogen-bond acceptors (Lipinski definition) is 3. The Kier molecular flexibility index (Phi) is 8.68. The van der Waals surface area contributed by atoms with Crippen molar-refractivity contribution in [3.63, 3.8) is 0 Å². The molecule has 0 saturated heterocycles. The molecule has 0 aromatic heterocycles. The van der Waals surface area contributed by atoms with Crippen LogP contribution in [0.1, 0.15) is 76.5 Å². The van der Waals surface area contributed by atoms with E-state index in [1.807, 2.05) is 49.1 Å². The van der Waals surface area contributed by atoms with Gasteiger partial charge in [-0.25, -0.2) is 0 Å². The third-order valence-corrected chi connectivity index (χ3v) is 7.24. The fourth-order valence-corrected chi connectivity index (χ4v) is 5.32. The highest BCUT2D eigenvalue weighted by Crippen LogP contribution is 2.48. The second-order valence-electron chi connectivity index (χ2n) is 9.89. The third-order valence-electron chi connectivity index (χ3n) is 6.75. The molecule has 5 nitrogen and oxygen atoms in total. The number of carbonyl (C=O) groups excluding carboxylic acids is 1. The van der Waals surface area contributed by atoms with E-state index >= 15 is 0 Å². The molecule has 3 atom stereocenters. The van der Waals surface area contributed by atoms with Crippen LogP contribution in [-0.2, 0) is 9.59 Å². The molecular formula is C28H33Cl2NO4. The van der Waals surface area contributed by atoms with Crippen LogP contribution in [0.4, 0.5) is 0 Å². The molecule has 0 spiro atoms. The molecule has 2 aromatic rings. The Bertz CT molecular complexity index is 1100. The van der Waals surface area contributed by atoms with Crippen LogP contribution in [-0.4, -0.2) is 38.6 Å². The number of rotatable bonds is 9. The summed E-state index contributed by atoms with van der Waals surface area (Å²) in [6.07, 6.45) is 1.39. The topological polar surface area (TPSA) is 77.8 Å². The van der Waals surface area contributed by atoms with Crippen LogP contribution < -0.4 is 0 Å². The fourth-order valence-electron chi connectivity index (χ4n) is 5.00. The zero-order valence-electron chi connectivity index (χ0n) is 20.6. The second kappa shape index (κ2) is 11.2. The summed E-state index contributed by atoms with van der Waals surface area (Å²) in [7, 11) is 0. The van der Waals surface area contributed by atoms with Gasteiger partial charge < -0.3 is 15.1 Å². The lowest BCUT2D eigenvalue weighted by Gasteiger charge is -2.47. The van der Waals surface area contributed by atoms with Crippen molar-refractivity contribution >= 4 is 35.1 Å². The maximum absolute atomic E-state index is 14.0. The predicted octanol–water partition coefficient (Wildman–Crippen LogP) is 6.78. The van der Waals surface area contributed by atoms with Crippen molar-refractivity contribution in [3.8, 4) is 0 Å². The highest BCUT2D eigenvalue weighted by atomic mass is 35.5. The van der Waals surface area contributed by atoms with Gasteiger partial charge >= 0.3 is 5.97 Å². The van der Waals surface area contributed by atoms with Crippen molar-refractivity contribution in [2.24, 2.45) is 0 Å². The molecule has 0 radical (unpaired) electrons. The fraction of sp³-hybridized carbons (Fsp3) is 0.429. The van der Waals surface area contributed by atoms with E-state index in [2.05, 4.69) is 0 Å². The Morgan fingerprint density at radius 1 is 1.09 bits per heavy atom. The molecule has 0 unspecified atom stereocenters. The summed E-state index contributed by atoms with van der Waals surface area (Å²) in [6, 6.07) is 14.4. The zero-order valence-corrected chi connectivity index (χ0v) is 22.1. The van der Waals surface area contributed by atoms with Crippen LogP contribution in [0, 0.1) is 0 Å². The summed E-state index contributed by atoms with van der Waals surface area (Å²) in [4.78, 5) is 27.6. The maximum Gasteiger partial charge on any atom is 0.308 e. The highest BCUT2D eigenvalue weighted by molar-refractivity contribution is 6.30. The molecule has 2 aromatic carbocycles. The second-order valence-corrected chi connectivity index (χ2v) is 10.8. The van der Waals surface area contributed by atoms with Crippen LogP contribution in [0.5, 0.6) is 0 Å². The van der Waals surface area contributed by atoms with Crippen molar-refractivity contribution < 1.29 is 19.8 Å². The summed E-state index contributed by atoms with van der Waals surface area (Å²) in [6.45, 7) is 7.36. The van der Waals surface area contributed by atoms with Gasteiger partial charge in [0.05, 0.1) is 18.1 Å². The molecule has 0 bridgehead atoms. The van der Waals surface area contributed by atoms with Crippen molar-refractivity contribution in [1.82, 2.24) is 4.90 Å². The highest BCUT2D eigenvalue weighted by Gasteiger charge is 2.44. The summed E-state index contributed by atoms with van der Waals surface area (Å²) < 4.78 is 0. The predicted molar refractivity (Wildman–Crippen MR) is 140 cm³/mol. The molecule has 2 N–H and O–H groups in total. The number of carboxylic acid groups (broad SMARTS) is 1. The lowest BCUT2D eigenvalue weighted by atomic mass is 9.74. The largest absolute Gasteiger partial charge is 0.481 e. The molecule has 35 heavy (non-hydrogen) atoms. The lowest BCUT2D eigenvalue weighted by molar-refractivity contribution is -0.140. The summed E-state index contributed by atoms with van der Waals surface area (Å²) in [5, 5.41) is 21.2. The molecule has 188 valence electrons. The molecule has 0 fully saturated rings. The molecule has 3 rings (SSSR count). The quantitative estimate of drug-likeness (QED) is 0.384. The third kappa shape index (κ3) is 6.46. The summed E-state index contributed by atoms with van der Waals surface area (Å²) in [5.74, 6) is -1.61. The van der Waals surface area contributed by atoms with Crippen molar-refractivity contribution in [3.05, 3.63) is 80.8 Å². The van der Waals surface area contributed by atoms with E-state index in [4.69, 9.17) is 23.2 Å². The minimum atomic E-state index is -1.05. The number of nitrogens with zero attached hydrogens (tertiary/aromatic N) is 1. The zero-order chi connectivity index (χ0) is 25.9. The number of carbonyl (C=O) groups is 2. The smallest absolute Gasteiger partial charge is 0.308 e. The number of benzene rings is 2. The first-order valence-corrected chi connectivity index (χ1v) is 12.7. The first kappa shape index (κ1) is 27.3. The number of halogens is 2. The van der Waals surface area contributed by atoms with E-state index in [0.717, 1.165) is 16.7 Å². The van der Waals surface area contributed by atoms with E-state index in [0.29, 0.717) is 34.9 Å². The number of hydrogen-bond donors (Lipinski definition) is 2. The summed E-state index contributed by atoms with van der Waals surface area (Å²) >= 11 is 12.6. The Morgan fingerprint density at radius 3 is 2.29 bits per heavy atom. The van der Waals surface area contributed by atoms with Crippen LogP contribution in [0.2, 0.25) is 10.0 Å².